The molecule has 2 aromatic carbocycles. The molecule has 1 saturated heterocycles. The number of hydrogen-bond donors (Lipinski definition) is 0. The van der Waals surface area contributed by atoms with E-state index in [9.17, 15) is 13.2 Å². The van der Waals surface area contributed by atoms with Crippen LogP contribution in [-0.4, -0.2) is 63.8 Å². The largest absolute Gasteiger partial charge is 0.378 e. The summed E-state index contributed by atoms with van der Waals surface area (Å²) < 4.78 is 26.9. The predicted octanol–water partition coefficient (Wildman–Crippen LogP) is 2.55. The van der Waals surface area contributed by atoms with Crippen LogP contribution in [0, 0.1) is 0 Å². The second kappa shape index (κ2) is 7.88. The van der Waals surface area contributed by atoms with Crippen LogP contribution in [0.25, 0.3) is 0 Å². The minimum Gasteiger partial charge on any atom is -0.378 e. The maximum atomic E-state index is 12.8. The van der Waals surface area contributed by atoms with Gasteiger partial charge in [0.1, 0.15) is 0 Å². The molecule has 2 aromatic rings. The highest BCUT2D eigenvalue weighted by Crippen LogP contribution is 2.22. The second-order valence-electron chi connectivity index (χ2n) is 6.60. The molecule has 8 heteroatoms. The maximum absolute atomic E-state index is 12.8. The molecule has 1 amide bonds. The Balaban J connectivity index is 1.70. The van der Waals surface area contributed by atoms with Gasteiger partial charge in [0, 0.05) is 56.5 Å². The first kappa shape index (κ1) is 19.7. The van der Waals surface area contributed by atoms with Gasteiger partial charge in [-0.05, 0) is 36.4 Å². The van der Waals surface area contributed by atoms with Gasteiger partial charge in [-0.15, -0.1) is 0 Å². The van der Waals surface area contributed by atoms with Crippen molar-refractivity contribution in [3.05, 3.63) is 59.1 Å². The van der Waals surface area contributed by atoms with E-state index in [1.807, 2.05) is 37.2 Å². The molecule has 1 fully saturated rings. The molecular weight excluding hydrogens is 386 g/mol. The molecule has 0 aliphatic carbocycles. The minimum absolute atomic E-state index is 0.0847. The molecule has 1 aliphatic rings. The van der Waals surface area contributed by atoms with Crippen molar-refractivity contribution in [1.29, 1.82) is 0 Å². The number of piperazine rings is 1. The van der Waals surface area contributed by atoms with Gasteiger partial charge in [0.25, 0.3) is 5.91 Å². The van der Waals surface area contributed by atoms with Crippen molar-refractivity contribution < 1.29 is 13.2 Å². The number of nitrogens with zero attached hydrogens (tertiary/aromatic N) is 3. The molecule has 27 heavy (non-hydrogen) atoms. The van der Waals surface area contributed by atoms with Gasteiger partial charge in [-0.25, -0.2) is 8.42 Å². The third-order valence-corrected chi connectivity index (χ3v) is 6.70. The lowest BCUT2D eigenvalue weighted by atomic mass is 10.1. The number of rotatable bonds is 4. The molecular formula is C19H22ClN3O3S. The van der Waals surface area contributed by atoms with Crippen LogP contribution < -0.4 is 4.90 Å². The van der Waals surface area contributed by atoms with Gasteiger partial charge in [-0.2, -0.15) is 4.31 Å². The topological polar surface area (TPSA) is 60.9 Å². The Morgan fingerprint density at radius 2 is 1.67 bits per heavy atom. The Bertz CT molecular complexity index is 939. The zero-order chi connectivity index (χ0) is 19.6. The predicted molar refractivity (Wildman–Crippen MR) is 107 cm³/mol. The van der Waals surface area contributed by atoms with Crippen LogP contribution in [0.15, 0.2) is 53.4 Å². The lowest BCUT2D eigenvalue weighted by molar-refractivity contribution is 0.0698. The van der Waals surface area contributed by atoms with Gasteiger partial charge < -0.3 is 9.80 Å². The normalized spacial score (nSPS) is 15.6. The molecule has 0 spiro atoms. The summed E-state index contributed by atoms with van der Waals surface area (Å²) in [6.07, 6.45) is 0. The van der Waals surface area contributed by atoms with Gasteiger partial charge >= 0.3 is 0 Å². The fourth-order valence-corrected chi connectivity index (χ4v) is 4.73. The van der Waals surface area contributed by atoms with Gasteiger partial charge in [0.15, 0.2) is 0 Å². The average Bonchev–Trinajstić information content (AvgIpc) is 2.67. The highest BCUT2D eigenvalue weighted by molar-refractivity contribution is 7.89. The lowest BCUT2D eigenvalue weighted by Crippen LogP contribution is -2.50. The molecule has 0 bridgehead atoms. The van der Waals surface area contributed by atoms with E-state index in [-0.39, 0.29) is 23.9 Å². The van der Waals surface area contributed by atoms with Gasteiger partial charge in [0.2, 0.25) is 10.0 Å². The summed E-state index contributed by atoms with van der Waals surface area (Å²) in [6, 6.07) is 13.6. The number of carbonyl (C=O) groups excluding carboxylic acids is 1. The van der Waals surface area contributed by atoms with Crippen LogP contribution in [0.3, 0.4) is 0 Å². The van der Waals surface area contributed by atoms with Crippen molar-refractivity contribution in [1.82, 2.24) is 9.21 Å². The fraction of sp³-hybridized carbons (Fsp3) is 0.316. The number of hydrogen-bond acceptors (Lipinski definition) is 4. The number of amides is 1. The lowest BCUT2D eigenvalue weighted by Gasteiger charge is -2.34. The number of carbonyl (C=O) groups is 1. The van der Waals surface area contributed by atoms with Gasteiger partial charge in [0.05, 0.1) is 4.90 Å². The van der Waals surface area contributed by atoms with Crippen molar-refractivity contribution in [2.45, 2.75) is 4.90 Å². The van der Waals surface area contributed by atoms with Crippen LogP contribution in [0.2, 0.25) is 5.02 Å². The zero-order valence-corrected chi connectivity index (χ0v) is 16.9. The van der Waals surface area contributed by atoms with Crippen LogP contribution in [0.4, 0.5) is 5.69 Å². The summed E-state index contributed by atoms with van der Waals surface area (Å²) in [5, 5.41) is 0.380. The highest BCUT2D eigenvalue weighted by atomic mass is 35.5. The number of anilines is 1. The molecule has 6 nitrogen and oxygen atoms in total. The van der Waals surface area contributed by atoms with E-state index in [1.54, 1.807) is 23.1 Å². The summed E-state index contributed by atoms with van der Waals surface area (Å²) in [6.45, 7) is 1.22. The first-order valence-corrected chi connectivity index (χ1v) is 10.4. The van der Waals surface area contributed by atoms with E-state index in [0.717, 1.165) is 5.69 Å². The second-order valence-corrected chi connectivity index (χ2v) is 8.97. The maximum Gasteiger partial charge on any atom is 0.254 e. The van der Waals surface area contributed by atoms with E-state index < -0.39 is 10.0 Å². The van der Waals surface area contributed by atoms with Crippen molar-refractivity contribution in [2.75, 3.05) is 45.2 Å². The first-order chi connectivity index (χ1) is 12.8. The van der Waals surface area contributed by atoms with Crippen molar-refractivity contribution in [3.8, 4) is 0 Å². The molecule has 144 valence electrons. The monoisotopic (exact) mass is 407 g/mol. The van der Waals surface area contributed by atoms with Crippen LogP contribution >= 0.6 is 11.6 Å². The summed E-state index contributed by atoms with van der Waals surface area (Å²) in [5.74, 6) is -0.0847. The summed E-state index contributed by atoms with van der Waals surface area (Å²) in [4.78, 5) is 16.6. The van der Waals surface area contributed by atoms with Crippen molar-refractivity contribution in [2.24, 2.45) is 0 Å². The summed E-state index contributed by atoms with van der Waals surface area (Å²) in [5.41, 5.74) is 1.55. The molecule has 1 aliphatic heterocycles. The average molecular weight is 408 g/mol. The number of sulfonamides is 1. The van der Waals surface area contributed by atoms with Crippen LogP contribution in [-0.2, 0) is 10.0 Å². The molecule has 3 rings (SSSR count). The van der Waals surface area contributed by atoms with E-state index in [4.69, 9.17) is 11.6 Å². The van der Waals surface area contributed by atoms with Crippen molar-refractivity contribution in [3.63, 3.8) is 0 Å². The number of halogens is 1. The van der Waals surface area contributed by atoms with E-state index in [0.29, 0.717) is 23.7 Å². The van der Waals surface area contributed by atoms with E-state index in [2.05, 4.69) is 0 Å². The molecule has 0 unspecified atom stereocenters. The summed E-state index contributed by atoms with van der Waals surface area (Å²) >= 11 is 5.92. The van der Waals surface area contributed by atoms with Gasteiger partial charge in [-0.1, -0.05) is 23.7 Å². The SMILES string of the molecule is CN(C)c1cccc(C(=O)N2CCN(S(=O)(=O)c3cccc(Cl)c3)CC2)c1. The van der Waals surface area contributed by atoms with Gasteiger partial charge in [-0.3, -0.25) is 4.79 Å². The molecule has 1 heterocycles. The Labute approximate surface area is 165 Å². The smallest absolute Gasteiger partial charge is 0.254 e. The van der Waals surface area contributed by atoms with Crippen LogP contribution in [0.5, 0.6) is 0 Å². The Morgan fingerprint density at radius 1 is 1.00 bits per heavy atom. The third-order valence-electron chi connectivity index (χ3n) is 4.57. The number of benzene rings is 2. The molecule has 0 radical (unpaired) electrons. The fourth-order valence-electron chi connectivity index (χ4n) is 3.01. The molecule has 0 atom stereocenters. The minimum atomic E-state index is -3.61. The Morgan fingerprint density at radius 3 is 2.30 bits per heavy atom. The quantitative estimate of drug-likeness (QED) is 0.781. The highest BCUT2D eigenvalue weighted by Gasteiger charge is 2.30. The Hall–Kier alpha value is -2.09. The summed E-state index contributed by atoms with van der Waals surface area (Å²) in [7, 11) is 0.227. The van der Waals surface area contributed by atoms with E-state index in [1.165, 1.54) is 16.4 Å². The third kappa shape index (κ3) is 4.26. The first-order valence-electron chi connectivity index (χ1n) is 8.61. The zero-order valence-electron chi connectivity index (χ0n) is 15.3. The van der Waals surface area contributed by atoms with Crippen LogP contribution in [0.1, 0.15) is 10.4 Å². The molecule has 0 saturated carbocycles. The standard InChI is InChI=1S/C19H22ClN3O3S/c1-21(2)17-7-3-5-15(13-17)19(24)22-9-11-23(12-10-22)27(25,26)18-8-4-6-16(20)14-18/h3-8,13-14H,9-12H2,1-2H3. The molecule has 0 aromatic heterocycles. The molecule has 0 N–H and O–H groups in total. The Kier molecular flexibility index (Phi) is 5.74. The van der Waals surface area contributed by atoms with E-state index >= 15 is 0 Å². The van der Waals surface area contributed by atoms with Crippen molar-refractivity contribution >= 4 is 33.2 Å².